The lowest BCUT2D eigenvalue weighted by molar-refractivity contribution is 0.257. The normalized spacial score (nSPS) is 8.82. The molecule has 0 unspecified atom stereocenters. The van der Waals surface area contributed by atoms with Crippen LogP contribution in [0.1, 0.15) is 13.3 Å². The highest BCUT2D eigenvalue weighted by Gasteiger charge is 1.95. The highest BCUT2D eigenvalue weighted by atomic mass is 32.2. The second kappa shape index (κ2) is 6.63. The van der Waals surface area contributed by atoms with Gasteiger partial charge in [0.05, 0.1) is 0 Å². The van der Waals surface area contributed by atoms with Gasteiger partial charge in [-0.05, 0) is 30.9 Å². The first-order chi connectivity index (χ1) is 5.16. The molecule has 64 valence electrons. The van der Waals surface area contributed by atoms with E-state index in [4.69, 9.17) is 18.0 Å². The van der Waals surface area contributed by atoms with E-state index in [1.165, 1.54) is 11.8 Å². The van der Waals surface area contributed by atoms with Crippen LogP contribution in [0.2, 0.25) is 0 Å². The Balaban J connectivity index is 3.30. The van der Waals surface area contributed by atoms with Crippen LogP contribution in [0.3, 0.4) is 0 Å². The molecule has 0 atom stereocenters. The van der Waals surface area contributed by atoms with Crippen LogP contribution in [0, 0.1) is 0 Å². The van der Waals surface area contributed by atoms with Crippen LogP contribution in [0.5, 0.6) is 0 Å². The summed E-state index contributed by atoms with van der Waals surface area (Å²) in [6.07, 6.45) is 1.07. The van der Waals surface area contributed by atoms with Gasteiger partial charge in [0, 0.05) is 5.75 Å². The number of nitrogens with one attached hydrogen (secondary N) is 1. The molecule has 0 rings (SSSR count). The number of thiocarbonyl (C=S) groups is 2. The number of nitrogens with two attached hydrogens (primary N) is 1. The van der Waals surface area contributed by atoms with Gasteiger partial charge in [-0.25, -0.2) is 5.48 Å². The minimum Gasteiger partial charge on any atom is -0.358 e. The molecule has 0 heterocycles. The molecule has 0 aliphatic carbocycles. The SMILES string of the molecule is CCCSC(=S)NOC(N)=S. The Kier molecular flexibility index (Phi) is 6.59. The quantitative estimate of drug-likeness (QED) is 0.527. The first-order valence-electron chi connectivity index (χ1n) is 3.06. The third kappa shape index (κ3) is 7.83. The van der Waals surface area contributed by atoms with Crippen LogP contribution >= 0.6 is 36.2 Å². The van der Waals surface area contributed by atoms with Gasteiger partial charge in [-0.3, -0.25) is 0 Å². The molecule has 3 N–H and O–H groups in total. The van der Waals surface area contributed by atoms with Crippen molar-refractivity contribution in [1.29, 1.82) is 0 Å². The summed E-state index contributed by atoms with van der Waals surface area (Å²) in [7, 11) is 0. The topological polar surface area (TPSA) is 47.3 Å². The predicted octanol–water partition coefficient (Wildman–Crippen LogP) is 1.18. The minimum atomic E-state index is -0.0514. The lowest BCUT2D eigenvalue weighted by atomic mass is 10.6. The fraction of sp³-hybridized carbons (Fsp3) is 0.600. The summed E-state index contributed by atoms with van der Waals surface area (Å²) >= 11 is 10.8. The van der Waals surface area contributed by atoms with Crippen molar-refractivity contribution in [2.24, 2.45) is 5.73 Å². The number of hydrogen-bond acceptors (Lipinski definition) is 4. The second-order valence-electron chi connectivity index (χ2n) is 1.66. The average molecular weight is 210 g/mol. The van der Waals surface area contributed by atoms with Gasteiger partial charge in [-0.2, -0.15) is 0 Å². The Labute approximate surface area is 81.0 Å². The Morgan fingerprint density at radius 2 is 2.27 bits per heavy atom. The van der Waals surface area contributed by atoms with E-state index in [2.05, 4.69) is 29.5 Å². The Hall–Kier alpha value is -0.0700. The molecule has 0 fully saturated rings. The zero-order valence-electron chi connectivity index (χ0n) is 6.12. The van der Waals surface area contributed by atoms with Crippen molar-refractivity contribution in [3.8, 4) is 0 Å². The summed E-state index contributed by atoms with van der Waals surface area (Å²) in [5, 5.41) is -0.0514. The average Bonchev–Trinajstić information content (AvgIpc) is 1.97. The molecule has 0 saturated heterocycles. The van der Waals surface area contributed by atoms with Crippen LogP contribution in [0.15, 0.2) is 0 Å². The third-order valence-corrected chi connectivity index (χ3v) is 2.15. The summed E-state index contributed by atoms with van der Waals surface area (Å²) in [5.41, 5.74) is 7.49. The van der Waals surface area contributed by atoms with E-state index in [0.29, 0.717) is 4.32 Å². The van der Waals surface area contributed by atoms with Crippen molar-refractivity contribution < 1.29 is 4.84 Å². The van der Waals surface area contributed by atoms with Gasteiger partial charge >= 0.3 is 0 Å². The summed E-state index contributed by atoms with van der Waals surface area (Å²) in [6.45, 7) is 2.07. The first-order valence-corrected chi connectivity index (χ1v) is 4.86. The van der Waals surface area contributed by atoms with E-state index < -0.39 is 0 Å². The fourth-order valence-corrected chi connectivity index (χ4v) is 1.14. The van der Waals surface area contributed by atoms with Gasteiger partial charge in [0.2, 0.25) is 0 Å². The minimum absolute atomic E-state index is 0.0514. The Morgan fingerprint density at radius 1 is 1.64 bits per heavy atom. The summed E-state index contributed by atoms with van der Waals surface area (Å²) in [5.74, 6) is 0.965. The zero-order valence-corrected chi connectivity index (χ0v) is 8.57. The monoisotopic (exact) mass is 210 g/mol. The summed E-state index contributed by atoms with van der Waals surface area (Å²) in [4.78, 5) is 4.60. The van der Waals surface area contributed by atoms with E-state index in [-0.39, 0.29) is 5.17 Å². The number of hydroxylamine groups is 1. The van der Waals surface area contributed by atoms with Gasteiger partial charge < -0.3 is 10.6 Å². The molecule has 0 amide bonds. The van der Waals surface area contributed by atoms with Crippen LogP contribution < -0.4 is 11.2 Å². The largest absolute Gasteiger partial charge is 0.358 e. The van der Waals surface area contributed by atoms with Gasteiger partial charge in [-0.15, -0.1) is 0 Å². The number of hydrogen-bond donors (Lipinski definition) is 2. The molecular formula is C5H10N2OS3. The van der Waals surface area contributed by atoms with Gasteiger partial charge in [0.25, 0.3) is 5.17 Å². The standard InChI is InChI=1S/C5H10N2OS3/c1-2-3-11-5(10)7-8-4(6)9/h2-3H2,1H3,(H2,6,9)(H,7,10). The number of thioether (sulfide) groups is 1. The van der Waals surface area contributed by atoms with Crippen molar-refractivity contribution in [1.82, 2.24) is 5.48 Å². The molecule has 0 aromatic heterocycles. The van der Waals surface area contributed by atoms with E-state index in [0.717, 1.165) is 12.2 Å². The highest BCUT2D eigenvalue weighted by molar-refractivity contribution is 8.22. The lowest BCUT2D eigenvalue weighted by Crippen LogP contribution is -2.26. The molecule has 11 heavy (non-hydrogen) atoms. The fourth-order valence-electron chi connectivity index (χ4n) is 0.316. The van der Waals surface area contributed by atoms with Crippen LogP contribution in [0.4, 0.5) is 0 Å². The number of rotatable bonds is 2. The van der Waals surface area contributed by atoms with Crippen molar-refractivity contribution in [2.75, 3.05) is 5.75 Å². The second-order valence-corrected chi connectivity index (χ2v) is 3.83. The molecular weight excluding hydrogens is 200 g/mol. The summed E-state index contributed by atoms with van der Waals surface area (Å²) in [6, 6.07) is 0. The Bertz CT molecular complexity index is 151. The molecule has 0 aromatic rings. The van der Waals surface area contributed by atoms with Gasteiger partial charge in [0.15, 0.2) is 4.32 Å². The van der Waals surface area contributed by atoms with Gasteiger partial charge in [0.1, 0.15) is 0 Å². The molecule has 0 aliphatic rings. The van der Waals surface area contributed by atoms with E-state index in [1.54, 1.807) is 0 Å². The van der Waals surface area contributed by atoms with Gasteiger partial charge in [-0.1, -0.05) is 18.7 Å². The van der Waals surface area contributed by atoms with Crippen LogP contribution in [0.25, 0.3) is 0 Å². The van der Waals surface area contributed by atoms with Crippen LogP contribution in [-0.2, 0) is 4.84 Å². The molecule has 0 saturated carbocycles. The third-order valence-electron chi connectivity index (χ3n) is 0.672. The van der Waals surface area contributed by atoms with E-state index in [9.17, 15) is 0 Å². The molecule has 0 spiro atoms. The Morgan fingerprint density at radius 3 is 2.73 bits per heavy atom. The van der Waals surface area contributed by atoms with Crippen molar-refractivity contribution in [3.05, 3.63) is 0 Å². The van der Waals surface area contributed by atoms with E-state index in [1.807, 2.05) is 0 Å². The zero-order chi connectivity index (χ0) is 8.69. The summed E-state index contributed by atoms with van der Waals surface area (Å²) < 4.78 is 0.555. The maximum Gasteiger partial charge on any atom is 0.283 e. The molecule has 0 bridgehead atoms. The van der Waals surface area contributed by atoms with Crippen LogP contribution in [-0.4, -0.2) is 15.2 Å². The molecule has 0 radical (unpaired) electrons. The van der Waals surface area contributed by atoms with E-state index >= 15 is 0 Å². The van der Waals surface area contributed by atoms with Crippen molar-refractivity contribution >= 4 is 45.7 Å². The maximum atomic E-state index is 5.05. The van der Waals surface area contributed by atoms with Crippen molar-refractivity contribution in [2.45, 2.75) is 13.3 Å². The molecule has 3 nitrogen and oxygen atoms in total. The lowest BCUT2D eigenvalue weighted by Gasteiger charge is -2.05. The molecule has 0 aromatic carbocycles. The molecule has 0 aliphatic heterocycles. The molecule has 6 heteroatoms. The smallest absolute Gasteiger partial charge is 0.283 e. The van der Waals surface area contributed by atoms with Crippen molar-refractivity contribution in [3.63, 3.8) is 0 Å². The maximum absolute atomic E-state index is 5.05. The highest BCUT2D eigenvalue weighted by Crippen LogP contribution is 2.02. The predicted molar refractivity (Wildman–Crippen MR) is 56.4 cm³/mol. The first kappa shape index (κ1) is 10.9.